The third-order valence-electron chi connectivity index (χ3n) is 3.42. The molecule has 4 N–H and O–H groups in total. The summed E-state index contributed by atoms with van der Waals surface area (Å²) in [5, 5.41) is 14.9. The van der Waals surface area contributed by atoms with E-state index >= 15 is 0 Å². The minimum Gasteiger partial charge on any atom is -0.405 e. The molecule has 0 bridgehead atoms. The van der Waals surface area contributed by atoms with Crippen molar-refractivity contribution in [2.24, 2.45) is 5.73 Å². The van der Waals surface area contributed by atoms with Gasteiger partial charge in [0.05, 0.1) is 11.7 Å². The van der Waals surface area contributed by atoms with E-state index in [9.17, 15) is 4.79 Å². The summed E-state index contributed by atoms with van der Waals surface area (Å²) in [7, 11) is 0. The Morgan fingerprint density at radius 1 is 1.22 bits per heavy atom. The summed E-state index contributed by atoms with van der Waals surface area (Å²) in [6.45, 7) is 12.9. The molecule has 6 heteroatoms. The third-order valence-corrected chi connectivity index (χ3v) is 3.42. The molecule has 0 unspecified atom stereocenters. The lowest BCUT2D eigenvalue weighted by molar-refractivity contribution is 0.318. The number of fused-ring (bicyclic) bond motifs is 1. The molecule has 1 aromatic carbocycles. The number of rotatable bonds is 1. The number of aryl methyl sites for hydroxylation is 1. The lowest BCUT2D eigenvalue weighted by Gasteiger charge is -1.97. The van der Waals surface area contributed by atoms with Crippen LogP contribution in [0.5, 0.6) is 0 Å². The van der Waals surface area contributed by atoms with Crippen LogP contribution in [-0.4, -0.2) is 26.9 Å². The number of H-pyrrole nitrogens is 1. The van der Waals surface area contributed by atoms with Gasteiger partial charge in [-0.25, -0.2) is 0 Å². The van der Waals surface area contributed by atoms with Crippen molar-refractivity contribution in [2.45, 2.75) is 34.6 Å². The van der Waals surface area contributed by atoms with E-state index in [-0.39, 0.29) is 12.0 Å². The second kappa shape index (κ2) is 13.2. The third kappa shape index (κ3) is 7.03. The van der Waals surface area contributed by atoms with Gasteiger partial charge in [-0.15, -0.1) is 0 Å². The van der Waals surface area contributed by atoms with E-state index in [2.05, 4.69) is 27.5 Å². The van der Waals surface area contributed by atoms with E-state index < -0.39 is 0 Å². The van der Waals surface area contributed by atoms with Crippen molar-refractivity contribution in [1.29, 1.82) is 0 Å². The highest BCUT2D eigenvalue weighted by Gasteiger charge is 2.06. The van der Waals surface area contributed by atoms with Gasteiger partial charge < -0.3 is 10.8 Å². The number of aliphatic hydroxyl groups is 1. The van der Waals surface area contributed by atoms with Crippen LogP contribution in [0, 0.1) is 13.8 Å². The molecule has 0 aliphatic heterocycles. The zero-order chi connectivity index (χ0) is 20.8. The van der Waals surface area contributed by atoms with Crippen molar-refractivity contribution in [1.82, 2.24) is 15.2 Å². The van der Waals surface area contributed by atoms with Crippen LogP contribution in [0.15, 0.2) is 54.4 Å². The van der Waals surface area contributed by atoms with Crippen molar-refractivity contribution < 1.29 is 5.11 Å². The lowest BCUT2D eigenvalue weighted by Crippen LogP contribution is -2.03. The molecule has 0 aliphatic rings. The van der Waals surface area contributed by atoms with Gasteiger partial charge in [0.2, 0.25) is 0 Å². The normalized spacial score (nSPS) is 8.96. The van der Waals surface area contributed by atoms with Crippen LogP contribution in [0.1, 0.15) is 31.9 Å². The molecule has 0 amide bonds. The number of hydrogen-bond acceptors (Lipinski definition) is 5. The van der Waals surface area contributed by atoms with Gasteiger partial charge in [0.1, 0.15) is 0 Å². The highest BCUT2D eigenvalue weighted by atomic mass is 16.2. The molecule has 27 heavy (non-hydrogen) atoms. The van der Waals surface area contributed by atoms with Gasteiger partial charge in [-0.1, -0.05) is 26.5 Å². The molecule has 0 radical (unpaired) electrons. The quantitative estimate of drug-likeness (QED) is 0.605. The Hall–Kier alpha value is -2.99. The van der Waals surface area contributed by atoms with Crippen molar-refractivity contribution >= 4 is 10.9 Å². The largest absolute Gasteiger partial charge is 0.405 e. The molecule has 3 aromatic rings. The van der Waals surface area contributed by atoms with E-state index in [1.165, 1.54) is 6.20 Å². The summed E-state index contributed by atoms with van der Waals surface area (Å²) < 4.78 is 0. The monoisotopic (exact) mass is 370 g/mol. The molecule has 2 aromatic heterocycles. The van der Waals surface area contributed by atoms with E-state index in [4.69, 9.17) is 5.11 Å². The fourth-order valence-corrected chi connectivity index (χ4v) is 2.07. The van der Waals surface area contributed by atoms with Crippen molar-refractivity contribution in [3.05, 3.63) is 70.9 Å². The van der Waals surface area contributed by atoms with Crippen LogP contribution < -0.4 is 11.2 Å². The minimum absolute atomic E-state index is 0.0374. The van der Waals surface area contributed by atoms with E-state index in [1.807, 2.05) is 45.9 Å². The fourth-order valence-electron chi connectivity index (χ4n) is 2.07. The van der Waals surface area contributed by atoms with Gasteiger partial charge in [0, 0.05) is 35.5 Å². The van der Waals surface area contributed by atoms with Gasteiger partial charge in [0.15, 0.2) is 5.43 Å². The number of nitrogens with zero attached hydrogens (tertiary/aromatic N) is 2. The Kier molecular flexibility index (Phi) is 11.8. The SMILES string of the molecule is C=CN.CC.CCO.Cc1ccc2ncc(-c3cn[nH]c3)cc2c(=O)c1C. The van der Waals surface area contributed by atoms with Crippen LogP contribution in [0.25, 0.3) is 22.0 Å². The number of nitrogens with two attached hydrogens (primary N) is 1. The van der Waals surface area contributed by atoms with Crippen molar-refractivity contribution in [3.8, 4) is 11.1 Å². The van der Waals surface area contributed by atoms with Crippen LogP contribution in [0.3, 0.4) is 0 Å². The summed E-state index contributed by atoms with van der Waals surface area (Å²) in [6, 6.07) is 5.70. The molecule has 0 spiro atoms. The minimum atomic E-state index is 0.0374. The highest BCUT2D eigenvalue weighted by molar-refractivity contribution is 5.83. The van der Waals surface area contributed by atoms with Gasteiger partial charge >= 0.3 is 0 Å². The summed E-state index contributed by atoms with van der Waals surface area (Å²) in [5.41, 5.74) is 8.93. The van der Waals surface area contributed by atoms with E-state index in [1.54, 1.807) is 25.5 Å². The second-order valence-electron chi connectivity index (χ2n) is 5.17. The Labute approximate surface area is 160 Å². The maximum Gasteiger partial charge on any atom is 0.191 e. The number of aromatic amines is 1. The highest BCUT2D eigenvalue weighted by Crippen LogP contribution is 2.20. The summed E-state index contributed by atoms with van der Waals surface area (Å²) >= 11 is 0. The second-order valence-corrected chi connectivity index (χ2v) is 5.17. The average Bonchev–Trinajstić information content (AvgIpc) is 3.19. The Morgan fingerprint density at radius 3 is 2.33 bits per heavy atom. The molecular formula is C21H30N4O2. The fraction of sp³-hybridized carbons (Fsp3) is 0.286. The number of aromatic nitrogens is 3. The Bertz CT molecular complexity index is 875. The summed E-state index contributed by atoms with van der Waals surface area (Å²) in [4.78, 5) is 16.8. The first-order chi connectivity index (χ1) is 13.0. The molecule has 0 fully saturated rings. The Morgan fingerprint density at radius 2 is 1.81 bits per heavy atom. The molecule has 6 nitrogen and oxygen atoms in total. The number of nitrogens with one attached hydrogen (secondary N) is 1. The zero-order valence-electron chi connectivity index (χ0n) is 16.8. The molecule has 0 saturated carbocycles. The molecule has 0 saturated heterocycles. The topological polar surface area (TPSA) is 105 Å². The van der Waals surface area contributed by atoms with Crippen molar-refractivity contribution in [2.75, 3.05) is 6.61 Å². The maximum absolute atomic E-state index is 12.4. The zero-order valence-corrected chi connectivity index (χ0v) is 16.8. The van der Waals surface area contributed by atoms with Gasteiger partial charge in [-0.3, -0.25) is 14.9 Å². The first-order valence-electron chi connectivity index (χ1n) is 8.83. The van der Waals surface area contributed by atoms with E-state index in [0.717, 1.165) is 22.3 Å². The summed E-state index contributed by atoms with van der Waals surface area (Å²) in [5.74, 6) is 0. The number of pyridine rings is 1. The maximum atomic E-state index is 12.4. The lowest BCUT2D eigenvalue weighted by atomic mass is 10.1. The van der Waals surface area contributed by atoms with Gasteiger partial charge in [-0.05, 0) is 50.2 Å². The van der Waals surface area contributed by atoms with Crippen LogP contribution in [0.2, 0.25) is 0 Å². The number of hydrogen-bond donors (Lipinski definition) is 3. The standard InChI is InChI=1S/C15H13N3O.C2H5N.C2H6O.C2H6/c1-9-3-4-14-13(15(19)10(9)2)5-11(6-16-14)12-7-17-18-8-12;2*1-2-3;1-2/h3-8H,1-2H3,(H,17,18);2H,1,3H2;3H,2H2,1H3;1-2H3. The Balaban J connectivity index is 0.000000736. The van der Waals surface area contributed by atoms with Crippen molar-refractivity contribution in [3.63, 3.8) is 0 Å². The smallest absolute Gasteiger partial charge is 0.191 e. The predicted octanol–water partition coefficient (Wildman–Crippen LogP) is 3.72. The van der Waals surface area contributed by atoms with Crippen LogP contribution >= 0.6 is 0 Å². The van der Waals surface area contributed by atoms with E-state index in [0.29, 0.717) is 10.9 Å². The molecule has 0 atom stereocenters. The molecule has 146 valence electrons. The summed E-state index contributed by atoms with van der Waals surface area (Å²) in [6.07, 6.45) is 6.51. The number of aliphatic hydroxyl groups excluding tert-OH is 1. The van der Waals surface area contributed by atoms with Crippen LogP contribution in [0.4, 0.5) is 0 Å². The molecule has 0 aliphatic carbocycles. The first kappa shape index (κ1) is 24.0. The molecule has 2 heterocycles. The molecule has 3 rings (SSSR count). The first-order valence-corrected chi connectivity index (χ1v) is 8.83. The molecular weight excluding hydrogens is 340 g/mol. The van der Waals surface area contributed by atoms with Crippen LogP contribution in [-0.2, 0) is 0 Å². The van der Waals surface area contributed by atoms with Gasteiger partial charge in [-0.2, -0.15) is 5.10 Å². The van der Waals surface area contributed by atoms with Gasteiger partial charge in [0.25, 0.3) is 0 Å². The predicted molar refractivity (Wildman–Crippen MR) is 114 cm³/mol. The average molecular weight is 370 g/mol.